The molecule has 104 valence electrons. The molecule has 0 saturated carbocycles. The summed E-state index contributed by atoms with van der Waals surface area (Å²) >= 11 is 0. The normalized spacial score (nSPS) is 12.9. The van der Waals surface area contributed by atoms with E-state index < -0.39 is 28.8 Å². The number of nitrogens with zero attached hydrogens (tertiary/aromatic N) is 2. The Labute approximate surface area is 105 Å². The molecule has 0 aromatic carbocycles. The minimum absolute atomic E-state index is 0.133. The second-order valence-electron chi connectivity index (χ2n) is 4.11. The molecule has 1 heterocycles. The number of anilines is 1. The Morgan fingerprint density at radius 3 is 2.39 bits per heavy atom. The predicted octanol–water partition coefficient (Wildman–Crippen LogP) is -1.59. The van der Waals surface area contributed by atoms with Crippen LogP contribution in [0.25, 0.3) is 0 Å². The van der Waals surface area contributed by atoms with Gasteiger partial charge in [0.1, 0.15) is 4.90 Å². The molecule has 0 fully saturated rings. The zero-order valence-corrected chi connectivity index (χ0v) is 11.1. The van der Waals surface area contributed by atoms with E-state index in [1.54, 1.807) is 14.0 Å². The molecule has 0 amide bonds. The minimum atomic E-state index is -3.94. The number of hydrogen-bond donors (Lipinski definition) is 4. The number of aliphatic hydroxyl groups is 2. The molecule has 0 aliphatic carbocycles. The summed E-state index contributed by atoms with van der Waals surface area (Å²) in [6.45, 7) is 0.625. The standard InChI is InChI=1S/C9H18N4O4S/c1-3-9(5-14,6-15)12-18(16,17)7-4-13(2)11-8(7)10/h4,12,14-15H,3,5-6H2,1-2H3,(H2,10,11). The van der Waals surface area contributed by atoms with Crippen molar-refractivity contribution in [2.24, 2.45) is 7.05 Å². The van der Waals surface area contributed by atoms with Crippen LogP contribution < -0.4 is 10.5 Å². The third kappa shape index (κ3) is 2.80. The van der Waals surface area contributed by atoms with Crippen molar-refractivity contribution in [3.05, 3.63) is 6.20 Å². The highest BCUT2D eigenvalue weighted by atomic mass is 32.2. The molecular weight excluding hydrogens is 260 g/mol. The zero-order chi connectivity index (χ0) is 14.0. The highest BCUT2D eigenvalue weighted by molar-refractivity contribution is 7.89. The van der Waals surface area contributed by atoms with Gasteiger partial charge in [0.25, 0.3) is 0 Å². The van der Waals surface area contributed by atoms with Gasteiger partial charge < -0.3 is 15.9 Å². The highest BCUT2D eigenvalue weighted by Crippen LogP contribution is 2.19. The maximum absolute atomic E-state index is 12.1. The number of aryl methyl sites for hydroxylation is 1. The number of nitrogens with two attached hydrogens (primary N) is 1. The first-order chi connectivity index (χ1) is 8.30. The lowest BCUT2D eigenvalue weighted by atomic mass is 10.0. The van der Waals surface area contributed by atoms with E-state index in [0.717, 1.165) is 0 Å². The summed E-state index contributed by atoms with van der Waals surface area (Å²) in [5.74, 6) is -0.133. The predicted molar refractivity (Wildman–Crippen MR) is 65.1 cm³/mol. The third-order valence-electron chi connectivity index (χ3n) is 2.74. The lowest BCUT2D eigenvalue weighted by molar-refractivity contribution is 0.105. The van der Waals surface area contributed by atoms with Gasteiger partial charge in [0, 0.05) is 13.2 Å². The SMILES string of the molecule is CCC(CO)(CO)NS(=O)(=O)c1cn(C)nc1N. The molecule has 18 heavy (non-hydrogen) atoms. The number of rotatable bonds is 6. The van der Waals surface area contributed by atoms with E-state index in [0.29, 0.717) is 0 Å². The molecule has 1 rings (SSSR count). The van der Waals surface area contributed by atoms with Crippen LogP contribution in [0.1, 0.15) is 13.3 Å². The maximum atomic E-state index is 12.1. The largest absolute Gasteiger partial charge is 0.394 e. The number of hydrogen-bond acceptors (Lipinski definition) is 6. The Kier molecular flexibility index (Phi) is 4.32. The van der Waals surface area contributed by atoms with Crippen LogP contribution in [-0.4, -0.2) is 47.2 Å². The Bertz CT molecular complexity index is 498. The van der Waals surface area contributed by atoms with Gasteiger partial charge in [-0.3, -0.25) is 4.68 Å². The third-order valence-corrected chi connectivity index (χ3v) is 4.34. The van der Waals surface area contributed by atoms with Gasteiger partial charge in [0.05, 0.1) is 18.8 Å². The summed E-state index contributed by atoms with van der Waals surface area (Å²) in [5, 5.41) is 22.2. The topological polar surface area (TPSA) is 130 Å². The van der Waals surface area contributed by atoms with Gasteiger partial charge in [-0.15, -0.1) is 0 Å². The second-order valence-corrected chi connectivity index (χ2v) is 5.76. The fourth-order valence-corrected chi connectivity index (χ4v) is 3.00. The highest BCUT2D eigenvalue weighted by Gasteiger charge is 2.34. The molecule has 0 aliphatic heterocycles. The lowest BCUT2D eigenvalue weighted by Gasteiger charge is -2.28. The van der Waals surface area contributed by atoms with Gasteiger partial charge >= 0.3 is 0 Å². The van der Waals surface area contributed by atoms with Crippen LogP contribution in [-0.2, 0) is 17.1 Å². The zero-order valence-electron chi connectivity index (χ0n) is 10.3. The quantitative estimate of drug-likeness (QED) is 0.496. The first kappa shape index (κ1) is 14.9. The van der Waals surface area contributed by atoms with Crippen molar-refractivity contribution in [2.45, 2.75) is 23.8 Å². The molecule has 0 spiro atoms. The summed E-state index contributed by atoms with van der Waals surface area (Å²) in [7, 11) is -2.40. The molecule has 9 heteroatoms. The first-order valence-corrected chi connectivity index (χ1v) is 6.83. The molecule has 1 aromatic rings. The Morgan fingerprint density at radius 2 is 2.06 bits per heavy atom. The molecule has 0 aliphatic rings. The molecule has 0 saturated heterocycles. The van der Waals surface area contributed by atoms with Crippen molar-refractivity contribution in [1.29, 1.82) is 0 Å². The van der Waals surface area contributed by atoms with E-state index in [4.69, 9.17) is 5.73 Å². The van der Waals surface area contributed by atoms with E-state index >= 15 is 0 Å². The summed E-state index contributed by atoms with van der Waals surface area (Å²) < 4.78 is 27.7. The Balaban J connectivity index is 3.12. The maximum Gasteiger partial charge on any atom is 0.246 e. The van der Waals surface area contributed by atoms with Crippen molar-refractivity contribution in [3.8, 4) is 0 Å². The van der Waals surface area contributed by atoms with Crippen molar-refractivity contribution in [2.75, 3.05) is 18.9 Å². The summed E-state index contributed by atoms with van der Waals surface area (Å²) in [5.41, 5.74) is 4.19. The number of sulfonamides is 1. The Morgan fingerprint density at radius 1 is 1.50 bits per heavy atom. The van der Waals surface area contributed by atoms with Crippen molar-refractivity contribution in [1.82, 2.24) is 14.5 Å². The molecule has 1 aromatic heterocycles. The second kappa shape index (κ2) is 5.22. The smallest absolute Gasteiger partial charge is 0.246 e. The van der Waals surface area contributed by atoms with Crippen LogP contribution in [0.15, 0.2) is 11.1 Å². The first-order valence-electron chi connectivity index (χ1n) is 5.35. The summed E-state index contributed by atoms with van der Waals surface area (Å²) in [4.78, 5) is -0.176. The lowest BCUT2D eigenvalue weighted by Crippen LogP contribution is -2.53. The molecular formula is C9H18N4O4S. The average molecular weight is 278 g/mol. The van der Waals surface area contributed by atoms with Crippen LogP contribution >= 0.6 is 0 Å². The fraction of sp³-hybridized carbons (Fsp3) is 0.667. The summed E-state index contributed by atoms with van der Waals surface area (Å²) in [6.07, 6.45) is 1.49. The van der Waals surface area contributed by atoms with Crippen LogP contribution in [0.3, 0.4) is 0 Å². The van der Waals surface area contributed by atoms with E-state index in [1.165, 1.54) is 10.9 Å². The van der Waals surface area contributed by atoms with Crippen LogP contribution in [0.5, 0.6) is 0 Å². The number of nitrogens with one attached hydrogen (secondary N) is 1. The monoisotopic (exact) mass is 278 g/mol. The number of aromatic nitrogens is 2. The van der Waals surface area contributed by atoms with Gasteiger partial charge in [-0.1, -0.05) is 6.92 Å². The molecule has 8 nitrogen and oxygen atoms in total. The molecule has 0 unspecified atom stereocenters. The fourth-order valence-electron chi connectivity index (χ4n) is 1.44. The summed E-state index contributed by atoms with van der Waals surface area (Å²) in [6, 6.07) is 0. The van der Waals surface area contributed by atoms with Gasteiger partial charge in [-0.05, 0) is 6.42 Å². The van der Waals surface area contributed by atoms with E-state index in [-0.39, 0.29) is 17.1 Å². The molecule has 0 atom stereocenters. The van der Waals surface area contributed by atoms with E-state index in [1.807, 2.05) is 0 Å². The molecule has 0 bridgehead atoms. The molecule has 5 N–H and O–H groups in total. The van der Waals surface area contributed by atoms with Gasteiger partial charge in [0.15, 0.2) is 5.82 Å². The van der Waals surface area contributed by atoms with Crippen LogP contribution in [0, 0.1) is 0 Å². The van der Waals surface area contributed by atoms with Crippen LogP contribution in [0.2, 0.25) is 0 Å². The van der Waals surface area contributed by atoms with E-state index in [9.17, 15) is 18.6 Å². The average Bonchev–Trinajstić information content (AvgIpc) is 2.66. The van der Waals surface area contributed by atoms with Crippen molar-refractivity contribution < 1.29 is 18.6 Å². The van der Waals surface area contributed by atoms with Crippen LogP contribution in [0.4, 0.5) is 5.82 Å². The van der Waals surface area contributed by atoms with Crippen molar-refractivity contribution in [3.63, 3.8) is 0 Å². The molecule has 0 radical (unpaired) electrons. The van der Waals surface area contributed by atoms with Crippen molar-refractivity contribution >= 4 is 15.8 Å². The number of aliphatic hydroxyl groups excluding tert-OH is 2. The van der Waals surface area contributed by atoms with Gasteiger partial charge in [0.2, 0.25) is 10.0 Å². The number of nitrogen functional groups attached to an aromatic ring is 1. The minimum Gasteiger partial charge on any atom is -0.394 e. The van der Waals surface area contributed by atoms with Gasteiger partial charge in [-0.25, -0.2) is 13.1 Å². The van der Waals surface area contributed by atoms with Gasteiger partial charge in [-0.2, -0.15) is 5.10 Å². The Hall–Kier alpha value is -1.16. The van der Waals surface area contributed by atoms with E-state index in [2.05, 4.69) is 9.82 Å².